The number of halogens is 2. The van der Waals surface area contributed by atoms with Crippen molar-refractivity contribution in [2.24, 2.45) is 0 Å². The average molecular weight is 1350 g/mol. The predicted molar refractivity (Wildman–Crippen MR) is 330 cm³/mol. The smallest absolute Gasteiger partial charge is 0.295 e. The van der Waals surface area contributed by atoms with Crippen LogP contribution in [-0.4, -0.2) is 163 Å². The van der Waals surface area contributed by atoms with Crippen molar-refractivity contribution in [2.75, 3.05) is 52.4 Å². The summed E-state index contributed by atoms with van der Waals surface area (Å²) in [5.41, 5.74) is 5.88. The molecule has 0 saturated carbocycles. The van der Waals surface area contributed by atoms with Gasteiger partial charge in [-0.3, -0.25) is 33.8 Å². The molecule has 0 spiro atoms. The summed E-state index contributed by atoms with van der Waals surface area (Å²) >= 11 is 1.80. The van der Waals surface area contributed by atoms with Gasteiger partial charge in [0.1, 0.15) is 4.60 Å². The maximum atomic E-state index is 12.9. The molecule has 0 unspecified atom stereocenters. The molecule has 4 N–H and O–H groups in total. The third kappa shape index (κ3) is 18.3. The number of nitrogens with zero attached hydrogens (tertiary/aromatic N) is 6. The molecule has 2 fully saturated rings. The Hall–Kier alpha value is -4.97. The first kappa shape index (κ1) is 67.3. The van der Waals surface area contributed by atoms with Crippen LogP contribution in [0.3, 0.4) is 0 Å². The van der Waals surface area contributed by atoms with E-state index in [1.165, 1.54) is 55.1 Å². The van der Waals surface area contributed by atoms with E-state index in [1.807, 2.05) is 57.2 Å². The Labute approximate surface area is 491 Å². The topological polar surface area (TPSA) is 213 Å². The first-order chi connectivity index (χ1) is 36.4. The van der Waals surface area contributed by atoms with Crippen LogP contribution in [0, 0.1) is 20.8 Å². The summed E-state index contributed by atoms with van der Waals surface area (Å²) in [7, 11) is -1.17. The molecule has 8 rings (SSSR count). The van der Waals surface area contributed by atoms with Crippen molar-refractivity contribution >= 4 is 122 Å². The van der Waals surface area contributed by atoms with Crippen molar-refractivity contribution in [2.45, 2.75) is 113 Å². The van der Waals surface area contributed by atoms with Crippen LogP contribution >= 0.6 is 39.9 Å². The van der Waals surface area contributed by atoms with Crippen LogP contribution < -0.4 is 0 Å². The second kappa shape index (κ2) is 32.9. The fourth-order valence-corrected chi connectivity index (χ4v) is 22.4. The van der Waals surface area contributed by atoms with E-state index in [1.54, 1.807) is 72.2 Å². The Kier molecular flexibility index (Phi) is 28.4. The fourth-order valence-electron chi connectivity index (χ4n) is 9.53. The number of amides is 4. The zero-order valence-electron chi connectivity index (χ0n) is 46.0. The number of pyridine rings is 2. The number of carbonyl (C=O) groups is 6. The maximum Gasteiger partial charge on any atom is 0.295 e. The Balaban J connectivity index is 0.000000310. The molecular weight excluding hydrogens is 1270 g/mol. The minimum atomic E-state index is -1.56. The SMILES string of the molecule is C.CB(O)O.CCC[CH2][Sn]([CH3])([CH2]CCC)[CH2]CCC.Cc1cnc(Br)c2[nH]cc(C(=O)C(=O)N3CCN(C(=O)c4ccccc4)CC3)c12.Cc1ncc(C)c2c(C(=O)C(=O)N3CCN(C(=O)c4ccccc4)CC3)c[nH]c12.I. The van der Waals surface area contributed by atoms with E-state index in [0.717, 1.165) is 27.7 Å². The van der Waals surface area contributed by atoms with Crippen molar-refractivity contribution < 1.29 is 38.8 Å². The monoisotopic (exact) mass is 1350 g/mol. The Morgan fingerprint density at radius 3 is 1.29 bits per heavy atom. The van der Waals surface area contributed by atoms with Crippen molar-refractivity contribution in [3.05, 3.63) is 129 Å². The van der Waals surface area contributed by atoms with Gasteiger partial charge in [-0.1, -0.05) is 43.8 Å². The van der Waals surface area contributed by atoms with Crippen LogP contribution in [0.15, 0.2) is 90.1 Å². The number of aromatic nitrogens is 4. The molecule has 16 nitrogen and oxygen atoms in total. The van der Waals surface area contributed by atoms with Crippen LogP contribution in [0.5, 0.6) is 0 Å². The van der Waals surface area contributed by atoms with E-state index in [0.29, 0.717) is 90.1 Å². The first-order valence-electron chi connectivity index (χ1n) is 26.6. The number of rotatable bonds is 15. The Bertz CT molecular complexity index is 2710. The standard InChI is InChI=1S/C22H22N4O3.C21H19BrN4O3.3C4H9.CH5BO2.CH4.CH3.HI.Sn/c1-14-12-23-15(2)19-18(14)17(13-24-19)20(27)22(29)26-10-8-25(9-11-26)21(28)16-6-4-3-5-7-16;1-13-11-24-19(22)17-16(13)15(12-23-17)18(27)21(29)26-9-7-25(8-10-26)20(28)14-5-3-2-4-6-14;3*1-3-4-2;1-2(3)4;;;;/h3-7,12-13,24H,8-11H2,1-2H3;2-6,11-12,23H,7-10H2,1H3;3*1,3-4H2,2H3;3-4H,1H3;1H4;1H3;1H;. The molecule has 422 valence electrons. The number of Topliss-reactive ketones (excluding diaryl/α,β-unsaturated/α-hetero) is 2. The normalized spacial score (nSPS) is 13.1. The van der Waals surface area contributed by atoms with Crippen molar-refractivity contribution in [1.82, 2.24) is 39.5 Å². The minimum Gasteiger partial charge on any atom is -0.359 e. The van der Waals surface area contributed by atoms with E-state index in [4.69, 9.17) is 10.0 Å². The molecule has 78 heavy (non-hydrogen) atoms. The Morgan fingerprint density at radius 2 is 0.923 bits per heavy atom. The summed E-state index contributed by atoms with van der Waals surface area (Å²) in [6, 6.07) is 18.1. The van der Waals surface area contributed by atoms with Gasteiger partial charge in [0.25, 0.3) is 35.2 Å². The molecule has 20 heteroatoms. The van der Waals surface area contributed by atoms with E-state index in [2.05, 4.69) is 61.6 Å². The zero-order chi connectivity index (χ0) is 55.5. The van der Waals surface area contributed by atoms with Gasteiger partial charge in [-0.2, -0.15) is 0 Å². The molecule has 0 atom stereocenters. The summed E-state index contributed by atoms with van der Waals surface area (Å²) in [6.45, 7) is 16.8. The van der Waals surface area contributed by atoms with Gasteiger partial charge in [0.05, 0.1) is 27.9 Å². The number of aryl methyl sites for hydroxylation is 3. The summed E-state index contributed by atoms with van der Waals surface area (Å²) < 4.78 is 5.57. The number of aromatic amines is 2. The number of piperazine rings is 2. The van der Waals surface area contributed by atoms with E-state index < -0.39 is 48.9 Å². The van der Waals surface area contributed by atoms with Gasteiger partial charge in [0.15, 0.2) is 0 Å². The molecular formula is C58H81BBrIN8O8Sn. The van der Waals surface area contributed by atoms with Gasteiger partial charge < -0.3 is 39.6 Å². The molecule has 4 amide bonds. The molecule has 2 aromatic carbocycles. The van der Waals surface area contributed by atoms with E-state index >= 15 is 0 Å². The van der Waals surface area contributed by atoms with Gasteiger partial charge in [0.2, 0.25) is 0 Å². The van der Waals surface area contributed by atoms with Crippen molar-refractivity contribution in [3.8, 4) is 0 Å². The van der Waals surface area contributed by atoms with Gasteiger partial charge in [-0.25, -0.2) is 4.98 Å². The number of hydrogen-bond acceptors (Lipinski definition) is 10. The maximum absolute atomic E-state index is 12.9. The molecule has 6 heterocycles. The van der Waals surface area contributed by atoms with Crippen molar-refractivity contribution in [1.29, 1.82) is 0 Å². The molecule has 0 aliphatic carbocycles. The number of unbranched alkanes of at least 4 members (excludes halogenated alkanes) is 3. The molecule has 0 radical (unpaired) electrons. The van der Waals surface area contributed by atoms with Crippen LogP contribution in [-0.2, 0) is 9.59 Å². The minimum absolute atomic E-state index is 0. The first-order valence-corrected chi connectivity index (χ1v) is 36.3. The Morgan fingerprint density at radius 1 is 0.590 bits per heavy atom. The average Bonchev–Trinajstić information content (AvgIpc) is 4.17. The van der Waals surface area contributed by atoms with Crippen LogP contribution in [0.2, 0.25) is 25.1 Å². The number of ketones is 2. The number of hydrogen-bond donors (Lipinski definition) is 4. The summed E-state index contributed by atoms with van der Waals surface area (Å²) in [5.74, 6) is -2.29. The van der Waals surface area contributed by atoms with E-state index in [-0.39, 0.29) is 43.2 Å². The van der Waals surface area contributed by atoms with Gasteiger partial charge in [-0.15, -0.1) is 24.0 Å². The number of benzene rings is 2. The van der Waals surface area contributed by atoms with Crippen LogP contribution in [0.4, 0.5) is 0 Å². The third-order valence-electron chi connectivity index (χ3n) is 14.0. The quantitative estimate of drug-likeness (QED) is 0.0251. The van der Waals surface area contributed by atoms with Crippen LogP contribution in [0.25, 0.3) is 21.8 Å². The van der Waals surface area contributed by atoms with Gasteiger partial charge in [0, 0.05) is 99.0 Å². The number of carbonyl (C=O) groups excluding carboxylic acids is 6. The molecule has 2 saturated heterocycles. The summed E-state index contributed by atoms with van der Waals surface area (Å²) in [5, 5.41) is 16.7. The predicted octanol–water partition coefficient (Wildman–Crippen LogP) is 11.0. The summed E-state index contributed by atoms with van der Waals surface area (Å²) in [6.07, 6.45) is 15.3. The molecule has 2 aliphatic rings. The number of H-pyrrole nitrogens is 2. The molecule has 0 bridgehead atoms. The molecule has 4 aromatic heterocycles. The second-order valence-corrected chi connectivity index (χ2v) is 35.3. The summed E-state index contributed by atoms with van der Waals surface area (Å²) in [4.78, 5) is 100. The molecule has 2 aliphatic heterocycles. The fraction of sp³-hybridized carbons (Fsp3) is 0.448. The largest absolute Gasteiger partial charge is 0.359 e. The van der Waals surface area contributed by atoms with Crippen LogP contribution in [0.1, 0.15) is 125 Å². The third-order valence-corrected chi connectivity index (χ3v) is 27.9. The molecule has 6 aromatic rings. The van der Waals surface area contributed by atoms with Gasteiger partial charge >= 0.3 is 103 Å². The number of nitrogens with one attached hydrogen (secondary N) is 2. The number of fused-ring (bicyclic) bond motifs is 2. The van der Waals surface area contributed by atoms with E-state index in [9.17, 15) is 28.8 Å². The zero-order valence-corrected chi connectivity index (χ0v) is 52.8. The van der Waals surface area contributed by atoms with Crippen molar-refractivity contribution in [3.63, 3.8) is 0 Å². The van der Waals surface area contributed by atoms with Gasteiger partial charge in [-0.05, 0) is 78.9 Å². The second-order valence-electron chi connectivity index (χ2n) is 20.0.